The maximum atomic E-state index is 8.33. The molecule has 0 aliphatic rings. The summed E-state index contributed by atoms with van der Waals surface area (Å²) in [5, 5.41) is 19.1. The van der Waals surface area contributed by atoms with Crippen molar-refractivity contribution < 1.29 is 31.8 Å². The Kier molecular flexibility index (Phi) is 6.08. The Bertz CT molecular complexity index is 364. The molecule has 4 nitrogen and oxygen atoms in total. The standard InChI is InChI=1S/C9H7N.CH2O3.Co/c1-2-4-9-7-10-6-5-8(9)3-1;2-1(3)4;/h1-7H;(H2,2,3,4);/q;;+2/p-2. The van der Waals surface area contributed by atoms with Gasteiger partial charge >= 0.3 is 16.8 Å². The van der Waals surface area contributed by atoms with E-state index in [2.05, 4.69) is 17.1 Å². The first-order valence-corrected chi connectivity index (χ1v) is 3.87. The maximum Gasteiger partial charge on any atom is 2.00 e. The van der Waals surface area contributed by atoms with Crippen molar-refractivity contribution in [3.63, 3.8) is 0 Å². The molecule has 1 aromatic carbocycles. The molecule has 0 unspecified atom stereocenters. The summed E-state index contributed by atoms with van der Waals surface area (Å²) in [6, 6.07) is 10.2. The topological polar surface area (TPSA) is 76.1 Å². The summed E-state index contributed by atoms with van der Waals surface area (Å²) in [5.41, 5.74) is 0. The molecule has 0 aliphatic carbocycles. The molecule has 0 saturated carbocycles. The van der Waals surface area contributed by atoms with E-state index < -0.39 is 6.16 Å². The molecule has 15 heavy (non-hydrogen) atoms. The molecule has 0 aliphatic heterocycles. The summed E-state index contributed by atoms with van der Waals surface area (Å²) in [5.74, 6) is 0. The Hall–Kier alpha value is -1.59. The number of pyridine rings is 1. The molecule has 1 heterocycles. The SMILES string of the molecule is O=C([O-])[O-].[Co+2].c1ccc2cnccc2c1. The van der Waals surface area contributed by atoms with Crippen molar-refractivity contribution in [2.75, 3.05) is 0 Å². The van der Waals surface area contributed by atoms with Crippen LogP contribution in [-0.2, 0) is 16.8 Å². The maximum absolute atomic E-state index is 8.33. The summed E-state index contributed by atoms with van der Waals surface area (Å²) in [6.45, 7) is 0. The Labute approximate surface area is 96.8 Å². The van der Waals surface area contributed by atoms with E-state index in [9.17, 15) is 0 Å². The molecule has 1 radical (unpaired) electrons. The van der Waals surface area contributed by atoms with Crippen LogP contribution < -0.4 is 10.2 Å². The molecule has 0 N–H and O–H groups in total. The van der Waals surface area contributed by atoms with Gasteiger partial charge in [-0.05, 0) is 23.0 Å². The molecule has 1 aromatic heterocycles. The van der Waals surface area contributed by atoms with E-state index in [1.807, 2.05) is 30.6 Å². The predicted octanol–water partition coefficient (Wildman–Crippen LogP) is -0.215. The molecule has 2 aromatic rings. The third-order valence-corrected chi connectivity index (χ3v) is 1.55. The summed E-state index contributed by atoms with van der Waals surface area (Å²) >= 11 is 0. The average Bonchev–Trinajstić information content (AvgIpc) is 2.17. The Morgan fingerprint density at radius 2 is 1.60 bits per heavy atom. The summed E-state index contributed by atoms with van der Waals surface area (Å²) in [7, 11) is 0. The number of rotatable bonds is 0. The van der Waals surface area contributed by atoms with E-state index in [1.54, 1.807) is 0 Å². The third kappa shape index (κ3) is 4.99. The van der Waals surface area contributed by atoms with E-state index in [-0.39, 0.29) is 16.8 Å². The van der Waals surface area contributed by atoms with Crippen LogP contribution in [0.5, 0.6) is 0 Å². The van der Waals surface area contributed by atoms with Gasteiger partial charge in [0.15, 0.2) is 0 Å². The number of benzene rings is 1. The fourth-order valence-corrected chi connectivity index (χ4v) is 1.03. The van der Waals surface area contributed by atoms with Crippen molar-refractivity contribution in [2.45, 2.75) is 0 Å². The zero-order valence-electron chi connectivity index (χ0n) is 7.55. The van der Waals surface area contributed by atoms with E-state index in [0.717, 1.165) is 0 Å². The molecule has 2 rings (SSSR count). The van der Waals surface area contributed by atoms with Crippen LogP contribution in [-0.4, -0.2) is 11.1 Å². The molecule has 0 spiro atoms. The number of carbonyl (C=O) groups excluding carboxylic acids is 1. The summed E-state index contributed by atoms with van der Waals surface area (Å²) < 4.78 is 0. The molecular weight excluding hydrogens is 241 g/mol. The minimum Gasteiger partial charge on any atom is -0.652 e. The number of fused-ring (bicyclic) bond motifs is 1. The Morgan fingerprint density at radius 3 is 2.13 bits per heavy atom. The first-order chi connectivity index (χ1) is 6.70. The quantitative estimate of drug-likeness (QED) is 0.646. The predicted molar refractivity (Wildman–Crippen MR) is 47.1 cm³/mol. The zero-order chi connectivity index (χ0) is 10.4. The van der Waals surface area contributed by atoms with Crippen LogP contribution in [0.4, 0.5) is 4.79 Å². The van der Waals surface area contributed by atoms with E-state index in [0.29, 0.717) is 0 Å². The monoisotopic (exact) mass is 248 g/mol. The molecule has 0 fully saturated rings. The molecule has 79 valence electrons. The van der Waals surface area contributed by atoms with E-state index in [1.165, 1.54) is 10.8 Å². The zero-order valence-corrected chi connectivity index (χ0v) is 8.59. The molecule has 0 atom stereocenters. The van der Waals surface area contributed by atoms with Gasteiger partial charge in [0, 0.05) is 12.4 Å². The Morgan fingerprint density at radius 1 is 1.07 bits per heavy atom. The average molecular weight is 248 g/mol. The smallest absolute Gasteiger partial charge is 0.652 e. The summed E-state index contributed by atoms with van der Waals surface area (Å²) in [6.07, 6.45) is 1.34. The number of carboxylic acid groups (broad SMARTS) is 2. The number of carbonyl (C=O) groups is 1. The van der Waals surface area contributed by atoms with Crippen molar-refractivity contribution >= 4 is 16.9 Å². The van der Waals surface area contributed by atoms with Gasteiger partial charge in [0.1, 0.15) is 0 Å². The minimum atomic E-state index is -2.33. The van der Waals surface area contributed by atoms with E-state index in [4.69, 9.17) is 15.0 Å². The first kappa shape index (κ1) is 13.4. The summed E-state index contributed by atoms with van der Waals surface area (Å²) in [4.78, 5) is 12.3. The van der Waals surface area contributed by atoms with Gasteiger partial charge in [-0.25, -0.2) is 0 Å². The van der Waals surface area contributed by atoms with E-state index >= 15 is 0 Å². The van der Waals surface area contributed by atoms with Crippen LogP contribution in [0.1, 0.15) is 0 Å². The van der Waals surface area contributed by atoms with Gasteiger partial charge in [-0.3, -0.25) is 4.98 Å². The molecule has 0 saturated heterocycles. The van der Waals surface area contributed by atoms with Crippen molar-refractivity contribution in [3.05, 3.63) is 42.7 Å². The molecular formula is C10H7CoNO3. The van der Waals surface area contributed by atoms with Gasteiger partial charge in [0.2, 0.25) is 0 Å². The van der Waals surface area contributed by atoms with Crippen LogP contribution in [0.3, 0.4) is 0 Å². The fourth-order valence-electron chi connectivity index (χ4n) is 1.03. The van der Waals surface area contributed by atoms with Gasteiger partial charge in [0.25, 0.3) is 0 Å². The molecule has 0 amide bonds. The van der Waals surface area contributed by atoms with Crippen LogP contribution in [0.25, 0.3) is 10.8 Å². The first-order valence-electron chi connectivity index (χ1n) is 3.87. The van der Waals surface area contributed by atoms with Gasteiger partial charge in [0.05, 0.1) is 0 Å². The van der Waals surface area contributed by atoms with Gasteiger partial charge in [-0.15, -0.1) is 0 Å². The van der Waals surface area contributed by atoms with Crippen molar-refractivity contribution in [1.29, 1.82) is 0 Å². The molecule has 5 heteroatoms. The van der Waals surface area contributed by atoms with Gasteiger partial charge in [-0.1, -0.05) is 24.3 Å². The molecule has 0 bridgehead atoms. The van der Waals surface area contributed by atoms with Crippen LogP contribution in [0.2, 0.25) is 0 Å². The number of hydrogen-bond donors (Lipinski definition) is 0. The van der Waals surface area contributed by atoms with Crippen LogP contribution in [0.15, 0.2) is 42.7 Å². The van der Waals surface area contributed by atoms with Crippen LogP contribution in [0, 0.1) is 0 Å². The van der Waals surface area contributed by atoms with Gasteiger partial charge in [-0.2, -0.15) is 0 Å². The second-order valence-electron chi connectivity index (χ2n) is 2.47. The third-order valence-electron chi connectivity index (χ3n) is 1.55. The second-order valence-corrected chi connectivity index (χ2v) is 2.47. The van der Waals surface area contributed by atoms with Crippen molar-refractivity contribution in [1.82, 2.24) is 4.98 Å². The number of hydrogen-bond acceptors (Lipinski definition) is 4. The van der Waals surface area contributed by atoms with Crippen LogP contribution >= 0.6 is 0 Å². The second kappa shape index (κ2) is 6.80. The normalized spacial score (nSPS) is 8.27. The van der Waals surface area contributed by atoms with Crippen molar-refractivity contribution in [3.8, 4) is 0 Å². The fraction of sp³-hybridized carbons (Fsp3) is 0. The van der Waals surface area contributed by atoms with Crippen molar-refractivity contribution in [2.24, 2.45) is 0 Å². The minimum absolute atomic E-state index is 0. The largest absolute Gasteiger partial charge is 2.00 e. The van der Waals surface area contributed by atoms with Gasteiger partial charge < -0.3 is 15.0 Å². The number of nitrogens with zero attached hydrogens (tertiary/aromatic N) is 1. The Balaban J connectivity index is 0.000000346. The number of aromatic nitrogens is 1.